The Hall–Kier alpha value is -2.82. The molecule has 5 nitrogen and oxygen atoms in total. The van der Waals surface area contributed by atoms with E-state index in [0.717, 1.165) is 11.1 Å². The quantitative estimate of drug-likeness (QED) is 0.823. The van der Waals surface area contributed by atoms with Crippen molar-refractivity contribution in [2.45, 2.75) is 38.6 Å². The summed E-state index contributed by atoms with van der Waals surface area (Å²) in [5.41, 5.74) is 2.27. The largest absolute Gasteiger partial charge is 0.496 e. The number of hydrogen-bond donors (Lipinski definition) is 2. The fourth-order valence-electron chi connectivity index (χ4n) is 2.71. The number of ether oxygens (including phenoxy) is 1. The molecule has 0 radical (unpaired) electrons. The average molecular weight is 355 g/mol. The van der Waals surface area contributed by atoms with Gasteiger partial charge in [0.05, 0.1) is 25.1 Å². The summed E-state index contributed by atoms with van der Waals surface area (Å²) in [5.74, 6) is -0.897. The van der Waals surface area contributed by atoms with Gasteiger partial charge in [-0.25, -0.2) is 0 Å². The minimum atomic E-state index is -0.977. The Kier molecular flexibility index (Phi) is 6.03. The van der Waals surface area contributed by atoms with E-state index in [2.05, 4.69) is 26.1 Å². The van der Waals surface area contributed by atoms with E-state index in [1.165, 1.54) is 7.11 Å². The van der Waals surface area contributed by atoms with E-state index in [1.807, 2.05) is 24.3 Å². The zero-order chi connectivity index (χ0) is 19.3. The van der Waals surface area contributed by atoms with Crippen LogP contribution < -0.4 is 10.1 Å². The van der Waals surface area contributed by atoms with Crippen LogP contribution in [0.25, 0.3) is 0 Å². The van der Waals surface area contributed by atoms with Crippen molar-refractivity contribution < 1.29 is 19.4 Å². The number of methoxy groups -OCH3 is 1. The summed E-state index contributed by atoms with van der Waals surface area (Å²) in [7, 11) is 1.49. The lowest BCUT2D eigenvalue weighted by atomic mass is 9.86. The van der Waals surface area contributed by atoms with Crippen LogP contribution in [0.1, 0.15) is 54.7 Å². The minimum absolute atomic E-state index is 0.00147. The molecule has 0 aromatic heterocycles. The first-order valence-corrected chi connectivity index (χ1v) is 8.48. The number of nitrogens with one attached hydrogen (secondary N) is 1. The predicted molar refractivity (Wildman–Crippen MR) is 101 cm³/mol. The van der Waals surface area contributed by atoms with Gasteiger partial charge in [0.1, 0.15) is 5.75 Å². The van der Waals surface area contributed by atoms with Crippen LogP contribution in [0, 0.1) is 0 Å². The Bertz CT molecular complexity index is 775. The van der Waals surface area contributed by atoms with Gasteiger partial charge in [-0.15, -0.1) is 0 Å². The maximum Gasteiger partial charge on any atom is 0.305 e. The van der Waals surface area contributed by atoms with Crippen molar-refractivity contribution in [1.29, 1.82) is 0 Å². The van der Waals surface area contributed by atoms with Gasteiger partial charge in [-0.3, -0.25) is 9.59 Å². The van der Waals surface area contributed by atoms with Gasteiger partial charge in [0, 0.05) is 0 Å². The second kappa shape index (κ2) is 8.04. The molecular formula is C21H25NO4. The summed E-state index contributed by atoms with van der Waals surface area (Å²) in [6.07, 6.45) is -0.199. The van der Waals surface area contributed by atoms with Gasteiger partial charge in [-0.1, -0.05) is 57.2 Å². The molecule has 0 bridgehead atoms. The third kappa shape index (κ3) is 4.85. The molecule has 2 aromatic carbocycles. The number of carbonyl (C=O) groups is 2. The van der Waals surface area contributed by atoms with Gasteiger partial charge in [-0.05, 0) is 28.7 Å². The zero-order valence-electron chi connectivity index (χ0n) is 15.6. The number of carbonyl (C=O) groups excluding carboxylic acids is 1. The van der Waals surface area contributed by atoms with Crippen molar-refractivity contribution in [2.75, 3.05) is 7.11 Å². The number of rotatable bonds is 6. The summed E-state index contributed by atoms with van der Waals surface area (Å²) in [6.45, 7) is 6.33. The summed E-state index contributed by atoms with van der Waals surface area (Å²) >= 11 is 0. The molecule has 0 heterocycles. The Morgan fingerprint density at radius 1 is 1.08 bits per heavy atom. The molecule has 0 aliphatic carbocycles. The van der Waals surface area contributed by atoms with Gasteiger partial charge in [0.25, 0.3) is 5.91 Å². The molecule has 0 aliphatic heterocycles. The van der Waals surface area contributed by atoms with Crippen molar-refractivity contribution in [3.8, 4) is 5.75 Å². The third-order valence-corrected chi connectivity index (χ3v) is 4.21. The van der Waals surface area contributed by atoms with Crippen LogP contribution >= 0.6 is 0 Å². The third-order valence-electron chi connectivity index (χ3n) is 4.21. The van der Waals surface area contributed by atoms with Gasteiger partial charge in [0.2, 0.25) is 0 Å². The van der Waals surface area contributed by atoms with Crippen molar-refractivity contribution in [1.82, 2.24) is 5.32 Å². The predicted octanol–water partition coefficient (Wildman–Crippen LogP) is 3.94. The molecule has 26 heavy (non-hydrogen) atoms. The van der Waals surface area contributed by atoms with Gasteiger partial charge in [0.15, 0.2) is 0 Å². The summed E-state index contributed by atoms with van der Waals surface area (Å²) in [4.78, 5) is 23.9. The van der Waals surface area contributed by atoms with Crippen LogP contribution in [0.3, 0.4) is 0 Å². The molecule has 0 saturated carbocycles. The number of benzene rings is 2. The standard InChI is InChI=1S/C21H25NO4/c1-21(2,3)15-11-9-14(10-12-15)17(13-19(23)24)22-20(25)16-7-5-6-8-18(16)26-4/h5-12,17H,13H2,1-4H3,(H,22,25)(H,23,24). The van der Waals surface area contributed by atoms with Crippen LogP contribution in [-0.4, -0.2) is 24.1 Å². The molecule has 1 unspecified atom stereocenters. The topological polar surface area (TPSA) is 75.6 Å². The number of carboxylic acids is 1. The monoisotopic (exact) mass is 355 g/mol. The van der Waals surface area contributed by atoms with Gasteiger partial charge in [-0.2, -0.15) is 0 Å². The first kappa shape index (κ1) is 19.5. The minimum Gasteiger partial charge on any atom is -0.496 e. The van der Waals surface area contributed by atoms with E-state index in [4.69, 9.17) is 4.74 Å². The number of aliphatic carboxylic acids is 1. The van der Waals surface area contributed by atoms with Crippen LogP contribution in [0.5, 0.6) is 5.75 Å². The molecule has 0 spiro atoms. The zero-order valence-corrected chi connectivity index (χ0v) is 15.6. The molecule has 138 valence electrons. The SMILES string of the molecule is COc1ccccc1C(=O)NC(CC(=O)O)c1ccc(C(C)(C)C)cc1. The van der Waals surface area contributed by atoms with E-state index < -0.39 is 12.0 Å². The molecule has 5 heteroatoms. The molecule has 0 fully saturated rings. The van der Waals surface area contributed by atoms with Crippen molar-refractivity contribution in [3.05, 3.63) is 65.2 Å². The van der Waals surface area contributed by atoms with Crippen molar-refractivity contribution in [2.24, 2.45) is 0 Å². The second-order valence-corrected chi connectivity index (χ2v) is 7.20. The number of carboxylic acid groups (broad SMARTS) is 1. The van der Waals surface area contributed by atoms with Crippen molar-refractivity contribution >= 4 is 11.9 Å². The molecule has 0 aliphatic rings. The van der Waals surface area contributed by atoms with Gasteiger partial charge >= 0.3 is 5.97 Å². The van der Waals surface area contributed by atoms with E-state index in [9.17, 15) is 14.7 Å². The number of hydrogen-bond acceptors (Lipinski definition) is 3. The summed E-state index contributed by atoms with van der Waals surface area (Å²) in [5, 5.41) is 12.1. The lowest BCUT2D eigenvalue weighted by molar-refractivity contribution is -0.137. The fourth-order valence-corrected chi connectivity index (χ4v) is 2.71. The van der Waals surface area contributed by atoms with Crippen LogP contribution in [0.4, 0.5) is 0 Å². The molecule has 1 amide bonds. The van der Waals surface area contributed by atoms with Crippen LogP contribution in [0.2, 0.25) is 0 Å². The Morgan fingerprint density at radius 2 is 1.69 bits per heavy atom. The number of para-hydroxylation sites is 1. The molecule has 2 rings (SSSR count). The average Bonchev–Trinajstić information content (AvgIpc) is 2.60. The lowest BCUT2D eigenvalue weighted by Gasteiger charge is -2.22. The second-order valence-electron chi connectivity index (χ2n) is 7.20. The summed E-state index contributed by atoms with van der Waals surface area (Å²) < 4.78 is 5.21. The van der Waals surface area contributed by atoms with E-state index in [0.29, 0.717) is 11.3 Å². The Morgan fingerprint density at radius 3 is 2.23 bits per heavy atom. The highest BCUT2D eigenvalue weighted by atomic mass is 16.5. The first-order chi connectivity index (χ1) is 12.2. The molecule has 2 N–H and O–H groups in total. The highest BCUT2D eigenvalue weighted by Gasteiger charge is 2.21. The van der Waals surface area contributed by atoms with Crippen LogP contribution in [-0.2, 0) is 10.2 Å². The molecule has 2 aromatic rings. The van der Waals surface area contributed by atoms with Crippen molar-refractivity contribution in [3.63, 3.8) is 0 Å². The van der Waals surface area contributed by atoms with Gasteiger partial charge < -0.3 is 15.2 Å². The fraction of sp³-hybridized carbons (Fsp3) is 0.333. The highest BCUT2D eigenvalue weighted by Crippen LogP contribution is 2.26. The Balaban J connectivity index is 2.27. The maximum absolute atomic E-state index is 12.6. The van der Waals surface area contributed by atoms with Crippen LogP contribution in [0.15, 0.2) is 48.5 Å². The molecule has 0 saturated heterocycles. The first-order valence-electron chi connectivity index (χ1n) is 8.48. The molecular weight excluding hydrogens is 330 g/mol. The maximum atomic E-state index is 12.6. The number of amides is 1. The van der Waals surface area contributed by atoms with E-state index in [1.54, 1.807) is 24.3 Å². The lowest BCUT2D eigenvalue weighted by Crippen LogP contribution is -2.30. The Labute approximate surface area is 154 Å². The highest BCUT2D eigenvalue weighted by molar-refractivity contribution is 5.97. The normalized spacial score (nSPS) is 12.3. The van der Waals surface area contributed by atoms with E-state index in [-0.39, 0.29) is 17.7 Å². The van der Waals surface area contributed by atoms with E-state index >= 15 is 0 Å². The molecule has 1 atom stereocenters. The smallest absolute Gasteiger partial charge is 0.305 e. The summed E-state index contributed by atoms with van der Waals surface area (Å²) in [6, 6.07) is 13.9.